The highest BCUT2D eigenvalue weighted by molar-refractivity contribution is 6.57. The van der Waals surface area contributed by atoms with Crippen LogP contribution in [0.3, 0.4) is 0 Å². The Balaban J connectivity index is 3.27. The lowest BCUT2D eigenvalue weighted by atomic mass is 10.1. The summed E-state index contributed by atoms with van der Waals surface area (Å²) in [7, 11) is 1.46. The second kappa shape index (κ2) is 5.05. The van der Waals surface area contributed by atoms with Gasteiger partial charge in [-0.2, -0.15) is 0 Å². The average Bonchev–Trinajstić information content (AvgIpc) is 2.17. The monoisotopic (exact) mass is 246 g/mol. The Hall–Kier alpha value is -1.19. The number of carbonyl (C=O) groups is 1. The Bertz CT molecular complexity index is 409. The quantitative estimate of drug-likeness (QED) is 0.892. The van der Waals surface area contributed by atoms with E-state index in [0.717, 1.165) is 0 Å². The van der Waals surface area contributed by atoms with Crippen molar-refractivity contribution in [2.24, 2.45) is 0 Å². The zero-order valence-electron chi connectivity index (χ0n) is 7.83. The van der Waals surface area contributed by atoms with Gasteiger partial charge in [0.15, 0.2) is 0 Å². The fourth-order valence-electron chi connectivity index (χ4n) is 1.09. The van der Waals surface area contributed by atoms with Crippen molar-refractivity contribution < 1.29 is 14.6 Å². The maximum Gasteiger partial charge on any atom is 0.336 e. The molecule has 1 aromatic carbocycles. The van der Waals surface area contributed by atoms with Crippen LogP contribution in [0.5, 0.6) is 5.75 Å². The van der Waals surface area contributed by atoms with E-state index in [1.807, 2.05) is 0 Å². The molecule has 1 aromatic rings. The predicted octanol–water partition coefficient (Wildman–Crippen LogP) is 3.17. The summed E-state index contributed by atoms with van der Waals surface area (Å²) in [6, 6.07) is 4.62. The van der Waals surface area contributed by atoms with E-state index in [1.165, 1.54) is 19.3 Å². The molecule has 0 bridgehead atoms. The molecule has 0 aliphatic heterocycles. The molecule has 0 heterocycles. The molecule has 0 fully saturated rings. The number of carboxylic acid groups (broad SMARTS) is 1. The lowest BCUT2D eigenvalue weighted by molar-refractivity contribution is 0.0696. The third kappa shape index (κ3) is 3.15. The van der Waals surface area contributed by atoms with Crippen molar-refractivity contribution in [3.8, 4) is 5.75 Å². The summed E-state index contributed by atoms with van der Waals surface area (Å²) < 4.78 is 4.92. The third-order valence-electron chi connectivity index (χ3n) is 1.76. The topological polar surface area (TPSA) is 46.5 Å². The van der Waals surface area contributed by atoms with Gasteiger partial charge in [-0.1, -0.05) is 29.3 Å². The van der Waals surface area contributed by atoms with Gasteiger partial charge in [0, 0.05) is 0 Å². The van der Waals surface area contributed by atoms with Crippen LogP contribution < -0.4 is 4.74 Å². The van der Waals surface area contributed by atoms with Crippen molar-refractivity contribution in [3.05, 3.63) is 33.8 Å². The minimum atomic E-state index is -1.06. The maximum absolute atomic E-state index is 10.9. The molecule has 15 heavy (non-hydrogen) atoms. The third-order valence-corrected chi connectivity index (χ3v) is 1.97. The minimum absolute atomic E-state index is 0.00247. The Morgan fingerprint density at radius 2 is 2.13 bits per heavy atom. The van der Waals surface area contributed by atoms with Crippen LogP contribution in [0, 0.1) is 0 Å². The molecule has 0 unspecified atom stereocenters. The van der Waals surface area contributed by atoms with Crippen LogP contribution >= 0.6 is 23.2 Å². The van der Waals surface area contributed by atoms with E-state index < -0.39 is 5.97 Å². The molecule has 80 valence electrons. The highest BCUT2D eigenvalue weighted by atomic mass is 35.5. The van der Waals surface area contributed by atoms with Crippen LogP contribution in [0.25, 0.3) is 6.08 Å². The van der Waals surface area contributed by atoms with Gasteiger partial charge in [-0.05, 0) is 23.8 Å². The molecule has 0 spiro atoms. The molecule has 0 atom stereocenters. The van der Waals surface area contributed by atoms with Crippen LogP contribution in [0.2, 0.25) is 0 Å². The Morgan fingerprint density at radius 3 is 2.60 bits per heavy atom. The first kappa shape index (κ1) is 11.9. The van der Waals surface area contributed by atoms with Gasteiger partial charge in [-0.3, -0.25) is 0 Å². The second-order valence-electron chi connectivity index (χ2n) is 2.69. The summed E-state index contributed by atoms with van der Waals surface area (Å²) in [6.45, 7) is 0. The number of methoxy groups -OCH3 is 1. The molecular formula is C10H8Cl2O3. The van der Waals surface area contributed by atoms with E-state index in [0.29, 0.717) is 11.3 Å². The molecule has 0 radical (unpaired) electrons. The first-order valence-electron chi connectivity index (χ1n) is 3.98. The largest absolute Gasteiger partial charge is 0.497 e. The number of halogens is 2. The standard InChI is InChI=1S/C10H8Cl2O3/c1-15-7-3-2-6(4-9(11)12)8(5-7)10(13)14/h2-5H,1H3,(H,13,14). The van der Waals surface area contributed by atoms with Crippen LogP contribution in [0.1, 0.15) is 15.9 Å². The van der Waals surface area contributed by atoms with E-state index in [4.69, 9.17) is 33.0 Å². The number of hydrogen-bond donors (Lipinski definition) is 1. The SMILES string of the molecule is COc1ccc(C=C(Cl)Cl)c(C(=O)O)c1. The summed E-state index contributed by atoms with van der Waals surface area (Å²) in [5, 5.41) is 8.93. The predicted molar refractivity (Wildman–Crippen MR) is 59.6 cm³/mol. The van der Waals surface area contributed by atoms with Crippen molar-refractivity contribution in [1.82, 2.24) is 0 Å². The van der Waals surface area contributed by atoms with Gasteiger partial charge in [0.25, 0.3) is 0 Å². The molecule has 0 saturated carbocycles. The van der Waals surface area contributed by atoms with E-state index >= 15 is 0 Å². The smallest absolute Gasteiger partial charge is 0.336 e. The first-order chi connectivity index (χ1) is 7.04. The highest BCUT2D eigenvalue weighted by Crippen LogP contribution is 2.22. The van der Waals surface area contributed by atoms with Crippen LogP contribution in [0.4, 0.5) is 0 Å². The number of rotatable bonds is 3. The van der Waals surface area contributed by atoms with Gasteiger partial charge in [0.1, 0.15) is 10.2 Å². The maximum atomic E-state index is 10.9. The van der Waals surface area contributed by atoms with Crippen LogP contribution in [-0.4, -0.2) is 18.2 Å². The Labute approximate surface area is 96.9 Å². The number of carboxylic acids is 1. The Morgan fingerprint density at radius 1 is 1.47 bits per heavy atom. The fraction of sp³-hybridized carbons (Fsp3) is 0.100. The number of ether oxygens (including phenoxy) is 1. The minimum Gasteiger partial charge on any atom is -0.497 e. The van der Waals surface area contributed by atoms with E-state index in [1.54, 1.807) is 12.1 Å². The van der Waals surface area contributed by atoms with Crippen molar-refractivity contribution >= 4 is 35.2 Å². The van der Waals surface area contributed by atoms with E-state index in [2.05, 4.69) is 0 Å². The average molecular weight is 247 g/mol. The normalized spacial score (nSPS) is 9.53. The molecule has 0 saturated heterocycles. The molecule has 0 aliphatic carbocycles. The lowest BCUT2D eigenvalue weighted by Gasteiger charge is -2.04. The van der Waals surface area contributed by atoms with Crippen LogP contribution in [0.15, 0.2) is 22.7 Å². The van der Waals surface area contributed by atoms with E-state index in [-0.39, 0.29) is 10.1 Å². The highest BCUT2D eigenvalue weighted by Gasteiger charge is 2.09. The fourth-order valence-corrected chi connectivity index (χ4v) is 1.33. The molecule has 0 aromatic heterocycles. The van der Waals surface area contributed by atoms with Gasteiger partial charge >= 0.3 is 5.97 Å². The Kier molecular flexibility index (Phi) is 4.00. The molecule has 5 heteroatoms. The van der Waals surface area contributed by atoms with Gasteiger partial charge in [0.05, 0.1) is 12.7 Å². The molecule has 1 N–H and O–H groups in total. The summed E-state index contributed by atoms with van der Waals surface area (Å²) in [6.07, 6.45) is 1.37. The van der Waals surface area contributed by atoms with Crippen LogP contribution in [-0.2, 0) is 0 Å². The van der Waals surface area contributed by atoms with Crippen molar-refractivity contribution in [3.63, 3.8) is 0 Å². The molecule has 1 rings (SSSR count). The number of aromatic carboxylic acids is 1. The van der Waals surface area contributed by atoms with Gasteiger partial charge in [-0.25, -0.2) is 4.79 Å². The summed E-state index contributed by atoms with van der Waals surface area (Å²) in [5.74, 6) is -0.593. The molecule has 3 nitrogen and oxygen atoms in total. The molecule has 0 aliphatic rings. The summed E-state index contributed by atoms with van der Waals surface area (Å²) >= 11 is 10.9. The summed E-state index contributed by atoms with van der Waals surface area (Å²) in [4.78, 5) is 10.9. The molecule has 0 amide bonds. The zero-order chi connectivity index (χ0) is 11.4. The van der Waals surface area contributed by atoms with E-state index in [9.17, 15) is 4.79 Å². The summed E-state index contributed by atoms with van der Waals surface area (Å²) in [5.41, 5.74) is 0.524. The first-order valence-corrected chi connectivity index (χ1v) is 4.74. The second-order valence-corrected chi connectivity index (χ2v) is 3.70. The lowest BCUT2D eigenvalue weighted by Crippen LogP contribution is -2.00. The van der Waals surface area contributed by atoms with Gasteiger partial charge < -0.3 is 9.84 Å². The number of hydrogen-bond acceptors (Lipinski definition) is 2. The van der Waals surface area contributed by atoms with Crippen molar-refractivity contribution in [1.29, 1.82) is 0 Å². The van der Waals surface area contributed by atoms with Crippen molar-refractivity contribution in [2.75, 3.05) is 7.11 Å². The van der Waals surface area contributed by atoms with Crippen molar-refractivity contribution in [2.45, 2.75) is 0 Å². The number of benzene rings is 1. The zero-order valence-corrected chi connectivity index (χ0v) is 9.34. The van der Waals surface area contributed by atoms with Gasteiger partial charge in [0.2, 0.25) is 0 Å². The molecular weight excluding hydrogens is 239 g/mol. The van der Waals surface area contributed by atoms with Gasteiger partial charge in [-0.15, -0.1) is 0 Å².